The lowest BCUT2D eigenvalue weighted by molar-refractivity contribution is -0.0540. The van der Waals surface area contributed by atoms with Gasteiger partial charge in [0.05, 0.1) is 6.10 Å². The van der Waals surface area contributed by atoms with Crippen molar-refractivity contribution in [3.05, 3.63) is 23.8 Å². The highest BCUT2D eigenvalue weighted by molar-refractivity contribution is 5.25. The maximum absolute atomic E-state index is 10.2. The molecule has 0 aromatic rings. The minimum Gasteiger partial charge on any atom is -0.393 e. The number of methoxy groups -OCH3 is 1. The Kier molecular flexibility index (Phi) is 8.99. The summed E-state index contributed by atoms with van der Waals surface area (Å²) in [7, 11) is 3.25. The van der Waals surface area contributed by atoms with E-state index in [9.17, 15) is 5.11 Å². The maximum atomic E-state index is 10.2. The zero-order chi connectivity index (χ0) is 24.4. The number of rotatable bonds is 5. The molecule has 0 spiro atoms. The molecule has 0 unspecified atom stereocenters. The normalized spacial score (nSPS) is 42.0. The van der Waals surface area contributed by atoms with Crippen molar-refractivity contribution >= 4 is 0 Å². The molecule has 3 saturated carbocycles. The molecule has 0 aliphatic heterocycles. The first-order valence-corrected chi connectivity index (χ1v) is 14.1. The van der Waals surface area contributed by atoms with E-state index in [2.05, 4.69) is 64.5 Å². The fourth-order valence-electron chi connectivity index (χ4n) is 8.83. The summed E-state index contributed by atoms with van der Waals surface area (Å²) in [6, 6.07) is 0. The van der Waals surface area contributed by atoms with Crippen LogP contribution in [0, 0.1) is 52.3 Å². The molecule has 0 amide bonds. The van der Waals surface area contributed by atoms with Crippen LogP contribution in [0.5, 0.6) is 0 Å². The molecule has 0 bridgehead atoms. The van der Waals surface area contributed by atoms with Gasteiger partial charge >= 0.3 is 0 Å². The SMILES string of the molecule is CC[C@H](/C=C/[C@@H](C)[C@H]1CC[C@H]2[C@@H]3CC=C4C[C@@H](O)CC[C@]4(C)[C@H]3CC[C@]12C)C(C)C.COC. The molecule has 1 N–H and O–H groups in total. The molecular weight excluding hydrogens is 404 g/mol. The molecule has 33 heavy (non-hydrogen) atoms. The van der Waals surface area contributed by atoms with Crippen LogP contribution in [-0.4, -0.2) is 25.4 Å². The predicted molar refractivity (Wildman–Crippen MR) is 141 cm³/mol. The van der Waals surface area contributed by atoms with Gasteiger partial charge in [-0.05, 0) is 110 Å². The van der Waals surface area contributed by atoms with Crippen LogP contribution in [0.4, 0.5) is 0 Å². The first kappa shape index (κ1) is 27.0. The van der Waals surface area contributed by atoms with Gasteiger partial charge in [-0.25, -0.2) is 0 Å². The molecule has 9 atom stereocenters. The zero-order valence-electron chi connectivity index (χ0n) is 23.1. The van der Waals surface area contributed by atoms with E-state index in [4.69, 9.17) is 0 Å². The molecule has 0 radical (unpaired) electrons. The monoisotopic (exact) mass is 458 g/mol. The van der Waals surface area contributed by atoms with Crippen molar-refractivity contribution in [1.82, 2.24) is 0 Å². The van der Waals surface area contributed by atoms with Crippen molar-refractivity contribution in [2.75, 3.05) is 14.2 Å². The first-order valence-electron chi connectivity index (χ1n) is 14.1. The fraction of sp³-hybridized carbons (Fsp3) is 0.871. The van der Waals surface area contributed by atoms with Gasteiger partial charge in [-0.3, -0.25) is 0 Å². The second-order valence-corrected chi connectivity index (χ2v) is 12.9. The van der Waals surface area contributed by atoms with Gasteiger partial charge in [0, 0.05) is 14.2 Å². The smallest absolute Gasteiger partial charge is 0.0577 e. The lowest BCUT2D eigenvalue weighted by Gasteiger charge is -2.58. The number of aliphatic hydroxyl groups is 1. The predicted octanol–water partition coefficient (Wildman–Crippen LogP) is 8.06. The Morgan fingerprint density at radius 3 is 2.36 bits per heavy atom. The molecule has 4 aliphatic rings. The van der Waals surface area contributed by atoms with Crippen molar-refractivity contribution in [2.45, 2.75) is 105 Å². The quantitative estimate of drug-likeness (QED) is 0.422. The van der Waals surface area contributed by atoms with E-state index in [1.165, 1.54) is 44.9 Å². The molecule has 4 aliphatic carbocycles. The minimum atomic E-state index is -0.0870. The van der Waals surface area contributed by atoms with Gasteiger partial charge in [-0.15, -0.1) is 0 Å². The van der Waals surface area contributed by atoms with Crippen LogP contribution in [0.2, 0.25) is 0 Å². The molecule has 0 aromatic carbocycles. The summed E-state index contributed by atoms with van der Waals surface area (Å²) in [5.41, 5.74) is 2.51. The summed E-state index contributed by atoms with van der Waals surface area (Å²) in [5, 5.41) is 10.2. The average molecular weight is 459 g/mol. The van der Waals surface area contributed by atoms with Crippen molar-refractivity contribution < 1.29 is 9.84 Å². The molecule has 0 heterocycles. The van der Waals surface area contributed by atoms with Gasteiger partial charge < -0.3 is 9.84 Å². The van der Waals surface area contributed by atoms with Gasteiger partial charge in [-0.1, -0.05) is 65.3 Å². The van der Waals surface area contributed by atoms with Crippen molar-refractivity contribution in [3.8, 4) is 0 Å². The van der Waals surface area contributed by atoms with Crippen molar-refractivity contribution in [2.24, 2.45) is 52.3 Å². The Hall–Kier alpha value is -0.600. The summed E-state index contributed by atoms with van der Waals surface area (Å²) in [6.45, 7) is 14.8. The third kappa shape index (κ3) is 5.18. The van der Waals surface area contributed by atoms with Crippen LogP contribution >= 0.6 is 0 Å². The summed E-state index contributed by atoms with van der Waals surface area (Å²) < 4.78 is 4.25. The molecule has 3 fully saturated rings. The average Bonchev–Trinajstić information content (AvgIpc) is 3.12. The highest BCUT2D eigenvalue weighted by atomic mass is 16.4. The Labute approximate surface area is 205 Å². The maximum Gasteiger partial charge on any atom is 0.0577 e. The molecule has 0 aromatic heterocycles. The number of ether oxygens (including phenoxy) is 1. The standard InChI is InChI=1S/C29H48O.C2H6O/c1-7-21(19(2)3)9-8-20(4)25-12-13-26-24-11-10-22-18-23(30)14-16-28(22,5)27(24)15-17-29(25,26)6;1-3-2/h8-10,19-21,23-27,30H,7,11-18H2,1-6H3;1-2H3/b9-8+;/t20-,21-,23+,24+,25-,26+,27+,28+,29-;/m1./s1. The number of hydrogen-bond acceptors (Lipinski definition) is 2. The summed E-state index contributed by atoms with van der Waals surface area (Å²) in [4.78, 5) is 0. The third-order valence-electron chi connectivity index (χ3n) is 10.8. The molecule has 4 rings (SSSR count). The Bertz CT molecular complexity index is 693. The highest BCUT2D eigenvalue weighted by Gasteiger charge is 2.58. The summed E-state index contributed by atoms with van der Waals surface area (Å²) in [6.07, 6.45) is 19.1. The topological polar surface area (TPSA) is 29.5 Å². The fourth-order valence-corrected chi connectivity index (χ4v) is 8.83. The lowest BCUT2D eigenvalue weighted by atomic mass is 9.47. The Morgan fingerprint density at radius 1 is 1.03 bits per heavy atom. The number of allylic oxidation sites excluding steroid dienone is 3. The van der Waals surface area contributed by atoms with Crippen molar-refractivity contribution in [3.63, 3.8) is 0 Å². The van der Waals surface area contributed by atoms with Crippen LogP contribution in [0.1, 0.15) is 99.3 Å². The van der Waals surface area contributed by atoms with Crippen LogP contribution in [-0.2, 0) is 4.74 Å². The Balaban J connectivity index is 0.000000968. The highest BCUT2D eigenvalue weighted by Crippen LogP contribution is 2.67. The van der Waals surface area contributed by atoms with Gasteiger partial charge in [0.2, 0.25) is 0 Å². The number of hydrogen-bond donors (Lipinski definition) is 1. The molecule has 2 nitrogen and oxygen atoms in total. The number of fused-ring (bicyclic) bond motifs is 5. The van der Waals surface area contributed by atoms with Gasteiger partial charge in [0.25, 0.3) is 0 Å². The summed E-state index contributed by atoms with van der Waals surface area (Å²) in [5.74, 6) is 5.70. The second kappa shape index (κ2) is 11.0. The van der Waals surface area contributed by atoms with E-state index in [0.29, 0.717) is 16.7 Å². The van der Waals surface area contributed by atoms with Gasteiger partial charge in [0.1, 0.15) is 0 Å². The largest absolute Gasteiger partial charge is 0.393 e. The van der Waals surface area contributed by atoms with E-state index >= 15 is 0 Å². The van der Waals surface area contributed by atoms with Crippen LogP contribution in [0.15, 0.2) is 23.8 Å². The second-order valence-electron chi connectivity index (χ2n) is 12.9. The first-order chi connectivity index (χ1) is 15.6. The van der Waals surface area contributed by atoms with Crippen LogP contribution in [0.25, 0.3) is 0 Å². The zero-order valence-corrected chi connectivity index (χ0v) is 23.1. The van der Waals surface area contributed by atoms with E-state index in [1.54, 1.807) is 19.8 Å². The van der Waals surface area contributed by atoms with Crippen molar-refractivity contribution in [1.29, 1.82) is 0 Å². The van der Waals surface area contributed by atoms with Gasteiger partial charge in [0.15, 0.2) is 0 Å². The molecular formula is C31H54O2. The van der Waals surface area contributed by atoms with E-state index < -0.39 is 0 Å². The number of aliphatic hydroxyl groups excluding tert-OH is 1. The molecule has 2 heteroatoms. The van der Waals surface area contributed by atoms with E-state index in [-0.39, 0.29) is 6.10 Å². The summed E-state index contributed by atoms with van der Waals surface area (Å²) >= 11 is 0. The third-order valence-corrected chi connectivity index (χ3v) is 10.8. The molecule has 190 valence electrons. The lowest BCUT2D eigenvalue weighted by Crippen LogP contribution is -2.50. The van der Waals surface area contributed by atoms with Crippen LogP contribution in [0.3, 0.4) is 0 Å². The minimum absolute atomic E-state index is 0.0870. The van der Waals surface area contributed by atoms with Crippen LogP contribution < -0.4 is 0 Å². The van der Waals surface area contributed by atoms with E-state index in [0.717, 1.165) is 48.3 Å². The van der Waals surface area contributed by atoms with Gasteiger partial charge in [-0.2, -0.15) is 0 Å². The van der Waals surface area contributed by atoms with E-state index in [1.807, 2.05) is 0 Å². The molecule has 0 saturated heterocycles. The Morgan fingerprint density at radius 2 is 1.73 bits per heavy atom.